The topological polar surface area (TPSA) is 81.6 Å². The first-order chi connectivity index (χ1) is 11.0. The van der Waals surface area contributed by atoms with E-state index in [9.17, 15) is 15.0 Å². The van der Waals surface area contributed by atoms with Gasteiger partial charge in [-0.25, -0.2) is 4.79 Å². The number of benzene rings is 2. The first kappa shape index (κ1) is 17.1. The Kier molecular flexibility index (Phi) is 5.84. The van der Waals surface area contributed by atoms with Gasteiger partial charge in [-0.1, -0.05) is 41.9 Å². The molecule has 0 aliphatic carbocycles. The van der Waals surface area contributed by atoms with Crippen LogP contribution in [0.15, 0.2) is 42.5 Å². The van der Waals surface area contributed by atoms with E-state index in [1.54, 1.807) is 0 Å². The van der Waals surface area contributed by atoms with Crippen molar-refractivity contribution in [2.75, 3.05) is 11.9 Å². The Morgan fingerprint density at radius 2 is 1.96 bits per heavy atom. The van der Waals surface area contributed by atoms with Crippen LogP contribution >= 0.6 is 11.6 Å². The molecule has 0 aromatic heterocycles. The van der Waals surface area contributed by atoms with Crippen molar-refractivity contribution in [3.8, 4) is 5.75 Å². The van der Waals surface area contributed by atoms with Gasteiger partial charge in [0.15, 0.2) is 0 Å². The summed E-state index contributed by atoms with van der Waals surface area (Å²) in [5.41, 5.74) is 1.80. The van der Waals surface area contributed by atoms with Crippen molar-refractivity contribution < 1.29 is 15.0 Å². The molecule has 4 N–H and O–H groups in total. The molecule has 1 atom stereocenters. The molecular weight excluding hydrogens is 316 g/mol. The van der Waals surface area contributed by atoms with Gasteiger partial charge in [-0.15, -0.1) is 0 Å². The number of carbonyl (C=O) groups is 1. The van der Waals surface area contributed by atoms with Crippen LogP contribution in [-0.2, 0) is 6.42 Å². The summed E-state index contributed by atoms with van der Waals surface area (Å²) in [5, 5.41) is 24.8. The molecule has 2 rings (SSSR count). The molecule has 0 radical (unpaired) electrons. The number of carbonyl (C=O) groups excluding carboxylic acids is 1. The highest BCUT2D eigenvalue weighted by molar-refractivity contribution is 6.32. The molecule has 0 saturated heterocycles. The number of aromatic hydroxyl groups is 1. The summed E-state index contributed by atoms with van der Waals surface area (Å²) in [5.74, 6) is -0.184. The first-order valence-corrected chi connectivity index (χ1v) is 7.64. The molecule has 5 nitrogen and oxygen atoms in total. The van der Waals surface area contributed by atoms with E-state index < -0.39 is 6.10 Å². The molecule has 2 aromatic carbocycles. The highest BCUT2D eigenvalue weighted by Crippen LogP contribution is 2.34. The second-order valence-corrected chi connectivity index (χ2v) is 5.60. The van der Waals surface area contributed by atoms with Crippen molar-refractivity contribution in [1.29, 1.82) is 0 Å². The molecule has 0 aliphatic rings. The molecule has 122 valence electrons. The molecule has 23 heavy (non-hydrogen) atoms. The maximum absolute atomic E-state index is 11.9. The van der Waals surface area contributed by atoms with Crippen LogP contribution in [0.5, 0.6) is 5.75 Å². The normalized spacial score (nSPS) is 11.8. The number of urea groups is 1. The lowest BCUT2D eigenvalue weighted by atomic mass is 10.1. The second-order valence-electron chi connectivity index (χ2n) is 5.19. The van der Waals surface area contributed by atoms with Crippen LogP contribution in [0.2, 0.25) is 5.02 Å². The third kappa shape index (κ3) is 4.87. The van der Waals surface area contributed by atoms with Crippen LogP contribution in [0.4, 0.5) is 10.5 Å². The summed E-state index contributed by atoms with van der Waals surface area (Å²) in [6.45, 7) is 2.00. The van der Waals surface area contributed by atoms with Gasteiger partial charge < -0.3 is 20.8 Å². The minimum absolute atomic E-state index is 0.0722. The fourth-order valence-corrected chi connectivity index (χ4v) is 2.38. The molecule has 2 amide bonds. The Balaban J connectivity index is 1.92. The van der Waals surface area contributed by atoms with Crippen LogP contribution in [0.1, 0.15) is 24.2 Å². The summed E-state index contributed by atoms with van der Waals surface area (Å²) >= 11 is 5.90. The van der Waals surface area contributed by atoms with Gasteiger partial charge >= 0.3 is 6.03 Å². The molecule has 0 spiro atoms. The van der Waals surface area contributed by atoms with Crippen LogP contribution < -0.4 is 10.6 Å². The lowest BCUT2D eigenvalue weighted by molar-refractivity contribution is 0.195. The summed E-state index contributed by atoms with van der Waals surface area (Å²) in [4.78, 5) is 11.9. The SMILES string of the molecule is CC(O)c1cc(NC(=O)NCCc2ccccc2)cc(Cl)c1O. The zero-order chi connectivity index (χ0) is 16.8. The number of hydrogen-bond acceptors (Lipinski definition) is 3. The lowest BCUT2D eigenvalue weighted by Gasteiger charge is -2.13. The van der Waals surface area contributed by atoms with Crippen molar-refractivity contribution in [2.24, 2.45) is 0 Å². The average Bonchev–Trinajstić information content (AvgIpc) is 2.51. The predicted molar refractivity (Wildman–Crippen MR) is 90.9 cm³/mol. The van der Waals surface area contributed by atoms with E-state index in [2.05, 4.69) is 10.6 Å². The molecule has 0 aliphatic heterocycles. The predicted octanol–water partition coefficient (Wildman–Crippen LogP) is 3.46. The van der Waals surface area contributed by atoms with Gasteiger partial charge in [0, 0.05) is 17.8 Å². The maximum Gasteiger partial charge on any atom is 0.319 e. The number of rotatable bonds is 5. The number of hydrogen-bond donors (Lipinski definition) is 4. The van der Waals surface area contributed by atoms with Gasteiger partial charge in [-0.3, -0.25) is 0 Å². The fourth-order valence-electron chi connectivity index (χ4n) is 2.15. The third-order valence-electron chi connectivity index (χ3n) is 3.34. The van der Waals surface area contributed by atoms with Crippen LogP contribution in [0.25, 0.3) is 0 Å². The van der Waals surface area contributed by atoms with Crippen molar-refractivity contribution in [3.05, 3.63) is 58.6 Å². The number of phenols is 1. The van der Waals surface area contributed by atoms with E-state index in [0.29, 0.717) is 12.2 Å². The average molecular weight is 335 g/mol. The molecule has 2 aromatic rings. The van der Waals surface area contributed by atoms with Gasteiger partial charge in [0.05, 0.1) is 11.1 Å². The van der Waals surface area contributed by atoms with Crippen molar-refractivity contribution in [3.63, 3.8) is 0 Å². The second kappa shape index (κ2) is 7.85. The monoisotopic (exact) mass is 334 g/mol. The smallest absolute Gasteiger partial charge is 0.319 e. The minimum atomic E-state index is -0.893. The summed E-state index contributed by atoms with van der Waals surface area (Å²) in [7, 11) is 0. The largest absolute Gasteiger partial charge is 0.506 e. The molecule has 0 heterocycles. The van der Waals surface area contributed by atoms with Crippen molar-refractivity contribution in [1.82, 2.24) is 5.32 Å². The quantitative estimate of drug-likeness (QED) is 0.632. The Hall–Kier alpha value is -2.24. The Morgan fingerprint density at radius 3 is 2.61 bits per heavy atom. The van der Waals surface area contributed by atoms with Gasteiger partial charge in [-0.05, 0) is 31.0 Å². The van der Waals surface area contributed by atoms with Crippen molar-refractivity contribution in [2.45, 2.75) is 19.4 Å². The number of halogens is 1. The first-order valence-electron chi connectivity index (χ1n) is 7.26. The van der Waals surface area contributed by atoms with E-state index in [1.807, 2.05) is 30.3 Å². The van der Waals surface area contributed by atoms with E-state index in [0.717, 1.165) is 12.0 Å². The lowest BCUT2D eigenvalue weighted by Crippen LogP contribution is -2.30. The molecule has 0 bridgehead atoms. The third-order valence-corrected chi connectivity index (χ3v) is 3.63. The van der Waals surface area contributed by atoms with E-state index in [4.69, 9.17) is 11.6 Å². The van der Waals surface area contributed by atoms with Gasteiger partial charge in [-0.2, -0.15) is 0 Å². The Morgan fingerprint density at radius 1 is 1.26 bits per heavy atom. The fraction of sp³-hybridized carbons (Fsp3) is 0.235. The highest BCUT2D eigenvalue weighted by Gasteiger charge is 2.13. The summed E-state index contributed by atoms with van der Waals surface area (Å²) in [6, 6.07) is 12.4. The number of aliphatic hydroxyl groups is 1. The van der Waals surface area contributed by atoms with Crippen LogP contribution in [-0.4, -0.2) is 22.8 Å². The number of nitrogens with one attached hydrogen (secondary N) is 2. The van der Waals surface area contributed by atoms with Gasteiger partial charge in [0.2, 0.25) is 0 Å². The number of aliphatic hydroxyl groups excluding tert-OH is 1. The zero-order valence-electron chi connectivity index (χ0n) is 12.7. The van der Waals surface area contributed by atoms with E-state index >= 15 is 0 Å². The minimum Gasteiger partial charge on any atom is -0.506 e. The summed E-state index contributed by atoms with van der Waals surface area (Å²) < 4.78 is 0. The Labute approximate surface area is 139 Å². The molecule has 6 heteroatoms. The molecule has 1 unspecified atom stereocenters. The van der Waals surface area contributed by atoms with Crippen LogP contribution in [0.3, 0.4) is 0 Å². The van der Waals surface area contributed by atoms with Gasteiger partial charge in [0.1, 0.15) is 5.75 Å². The highest BCUT2D eigenvalue weighted by atomic mass is 35.5. The number of amides is 2. The van der Waals surface area contributed by atoms with E-state index in [1.165, 1.54) is 19.1 Å². The molecule has 0 fully saturated rings. The Bertz CT molecular complexity index is 675. The summed E-state index contributed by atoms with van der Waals surface area (Å²) in [6.07, 6.45) is -0.167. The number of phenolic OH excluding ortho intramolecular Hbond substituents is 1. The van der Waals surface area contributed by atoms with Crippen molar-refractivity contribution >= 4 is 23.3 Å². The molecular formula is C17H19ClN2O3. The standard InChI is InChI=1S/C17H19ClN2O3/c1-11(21)14-9-13(10-15(18)16(14)22)20-17(23)19-8-7-12-5-3-2-4-6-12/h2-6,9-11,21-22H,7-8H2,1H3,(H2,19,20,23). The maximum atomic E-state index is 11.9. The number of anilines is 1. The molecule has 0 saturated carbocycles. The van der Waals surface area contributed by atoms with Crippen LogP contribution in [0, 0.1) is 0 Å². The van der Waals surface area contributed by atoms with Gasteiger partial charge in [0.25, 0.3) is 0 Å². The van der Waals surface area contributed by atoms with E-state index in [-0.39, 0.29) is 22.4 Å². The zero-order valence-corrected chi connectivity index (χ0v) is 13.5.